The molecule has 2 rings (SSSR count). The van der Waals surface area contributed by atoms with E-state index in [0.717, 1.165) is 13.1 Å². The van der Waals surface area contributed by atoms with Crippen LogP contribution in [-0.2, 0) is 0 Å². The van der Waals surface area contributed by atoms with Gasteiger partial charge in [-0.05, 0) is 0 Å². The van der Waals surface area contributed by atoms with E-state index in [1.54, 1.807) is 6.07 Å². The van der Waals surface area contributed by atoms with Gasteiger partial charge in [-0.1, -0.05) is 0 Å². The van der Waals surface area contributed by atoms with Gasteiger partial charge >= 0.3 is 0 Å². The molecule has 0 bridgehead atoms. The molecule has 0 radical (unpaired) electrons. The van der Waals surface area contributed by atoms with E-state index in [2.05, 4.69) is 5.32 Å². The number of phenolic OH excluding ortho intramolecular Hbond substituents is 1. The summed E-state index contributed by atoms with van der Waals surface area (Å²) in [5.74, 6) is 0.704. The van der Waals surface area contributed by atoms with Gasteiger partial charge in [-0.3, -0.25) is 4.90 Å². The standard InChI is InChI=1S/C15H22F2N2O3.ClH/c1-21-10-7-12(20)15(13(8-10)22-2)11(9-14(16)17)19-5-3-18-4-6-19;/h7-8,11,14,18,20H,3-6,9H2,1-2H3;1H/t11-;/m0./s1. The lowest BCUT2D eigenvalue weighted by atomic mass is 9.98. The van der Waals surface area contributed by atoms with Gasteiger partial charge < -0.3 is 19.9 Å². The van der Waals surface area contributed by atoms with Crippen molar-refractivity contribution in [1.29, 1.82) is 0 Å². The third kappa shape index (κ3) is 4.83. The van der Waals surface area contributed by atoms with Gasteiger partial charge in [-0.2, -0.15) is 0 Å². The van der Waals surface area contributed by atoms with Crippen molar-refractivity contribution in [3.63, 3.8) is 0 Å². The number of alkyl halides is 2. The molecule has 1 aromatic carbocycles. The molecular weight excluding hydrogens is 330 g/mol. The molecule has 1 fully saturated rings. The number of ether oxygens (including phenoxy) is 2. The molecular formula is C15H23ClF2N2O3. The molecule has 132 valence electrons. The number of methoxy groups -OCH3 is 2. The zero-order chi connectivity index (χ0) is 16.1. The summed E-state index contributed by atoms with van der Waals surface area (Å²) in [4.78, 5) is 1.95. The van der Waals surface area contributed by atoms with Crippen LogP contribution in [0.15, 0.2) is 12.1 Å². The van der Waals surface area contributed by atoms with Gasteiger partial charge in [0, 0.05) is 50.8 Å². The number of nitrogens with one attached hydrogen (secondary N) is 1. The summed E-state index contributed by atoms with van der Waals surface area (Å²) in [6.45, 7) is 2.76. The first-order valence-corrected chi connectivity index (χ1v) is 7.24. The molecule has 2 N–H and O–H groups in total. The summed E-state index contributed by atoms with van der Waals surface area (Å²) in [6.07, 6.45) is -2.82. The lowest BCUT2D eigenvalue weighted by Gasteiger charge is -2.36. The predicted molar refractivity (Wildman–Crippen MR) is 86.3 cm³/mol. The van der Waals surface area contributed by atoms with E-state index >= 15 is 0 Å². The molecule has 0 amide bonds. The minimum atomic E-state index is -2.47. The first kappa shape index (κ1) is 19.7. The monoisotopic (exact) mass is 352 g/mol. The highest BCUT2D eigenvalue weighted by molar-refractivity contribution is 5.85. The van der Waals surface area contributed by atoms with Crippen LogP contribution in [-0.4, -0.2) is 56.8 Å². The normalized spacial score (nSPS) is 16.7. The van der Waals surface area contributed by atoms with Crippen LogP contribution in [0.5, 0.6) is 17.2 Å². The minimum Gasteiger partial charge on any atom is -0.507 e. The van der Waals surface area contributed by atoms with Gasteiger partial charge in [0.05, 0.1) is 19.8 Å². The molecule has 1 aliphatic heterocycles. The molecule has 0 unspecified atom stereocenters. The number of benzene rings is 1. The molecule has 1 aliphatic rings. The predicted octanol–water partition coefficient (Wildman–Crippen LogP) is 2.43. The van der Waals surface area contributed by atoms with E-state index in [1.807, 2.05) is 4.90 Å². The summed E-state index contributed by atoms with van der Waals surface area (Å²) in [5.41, 5.74) is 0.394. The second-order valence-corrected chi connectivity index (χ2v) is 5.19. The first-order valence-electron chi connectivity index (χ1n) is 7.24. The van der Waals surface area contributed by atoms with Crippen molar-refractivity contribution in [2.45, 2.75) is 18.9 Å². The van der Waals surface area contributed by atoms with Crippen LogP contribution in [0, 0.1) is 0 Å². The Bertz CT molecular complexity index is 500. The van der Waals surface area contributed by atoms with E-state index in [9.17, 15) is 13.9 Å². The van der Waals surface area contributed by atoms with Crippen molar-refractivity contribution in [1.82, 2.24) is 10.2 Å². The van der Waals surface area contributed by atoms with E-state index in [4.69, 9.17) is 9.47 Å². The molecule has 5 nitrogen and oxygen atoms in total. The van der Waals surface area contributed by atoms with Crippen molar-refractivity contribution >= 4 is 12.4 Å². The highest BCUT2D eigenvalue weighted by Gasteiger charge is 2.30. The molecule has 23 heavy (non-hydrogen) atoms. The number of hydrogen-bond donors (Lipinski definition) is 2. The van der Waals surface area contributed by atoms with E-state index < -0.39 is 12.5 Å². The average Bonchev–Trinajstić information content (AvgIpc) is 2.52. The van der Waals surface area contributed by atoms with Crippen molar-refractivity contribution in [2.75, 3.05) is 40.4 Å². The number of rotatable bonds is 6. The van der Waals surface area contributed by atoms with Gasteiger partial charge in [0.25, 0.3) is 0 Å². The fourth-order valence-corrected chi connectivity index (χ4v) is 2.82. The van der Waals surface area contributed by atoms with Crippen molar-refractivity contribution in [3.8, 4) is 17.2 Å². The Morgan fingerprint density at radius 3 is 2.39 bits per heavy atom. The van der Waals surface area contributed by atoms with Gasteiger partial charge in [0.1, 0.15) is 17.2 Å². The molecule has 8 heteroatoms. The SMILES string of the molecule is COc1cc(O)c([C@H](CC(F)F)N2CCNCC2)c(OC)c1.Cl. The third-order valence-corrected chi connectivity index (χ3v) is 3.88. The molecule has 0 spiro atoms. The molecule has 0 aliphatic carbocycles. The summed E-state index contributed by atoms with van der Waals surface area (Å²) in [5, 5.41) is 13.5. The van der Waals surface area contributed by atoms with E-state index in [-0.39, 0.29) is 24.6 Å². The smallest absolute Gasteiger partial charge is 0.240 e. The van der Waals surface area contributed by atoms with E-state index in [1.165, 1.54) is 20.3 Å². The highest BCUT2D eigenvalue weighted by Crippen LogP contribution is 2.42. The summed E-state index contributed by atoms with van der Waals surface area (Å²) in [7, 11) is 2.93. The van der Waals surface area contributed by atoms with Gasteiger partial charge in [0.15, 0.2) is 0 Å². The fourth-order valence-electron chi connectivity index (χ4n) is 2.82. The van der Waals surface area contributed by atoms with Crippen LogP contribution in [0.3, 0.4) is 0 Å². The zero-order valence-electron chi connectivity index (χ0n) is 13.2. The molecule has 1 atom stereocenters. The Balaban J connectivity index is 0.00000264. The maximum Gasteiger partial charge on any atom is 0.240 e. The zero-order valence-corrected chi connectivity index (χ0v) is 14.0. The number of halogens is 3. The largest absolute Gasteiger partial charge is 0.507 e. The second kappa shape index (κ2) is 9.10. The Labute approximate surface area is 141 Å². The second-order valence-electron chi connectivity index (χ2n) is 5.19. The molecule has 1 saturated heterocycles. The fraction of sp³-hybridized carbons (Fsp3) is 0.600. The first-order chi connectivity index (χ1) is 10.6. The summed E-state index contributed by atoms with van der Waals surface area (Å²) < 4.78 is 36.5. The van der Waals surface area contributed by atoms with Gasteiger partial charge in [0.2, 0.25) is 6.43 Å². The number of aromatic hydroxyl groups is 1. The van der Waals surface area contributed by atoms with Gasteiger partial charge in [-0.15, -0.1) is 12.4 Å². The van der Waals surface area contributed by atoms with Crippen LogP contribution >= 0.6 is 12.4 Å². The highest BCUT2D eigenvalue weighted by atomic mass is 35.5. The van der Waals surface area contributed by atoms with Crippen LogP contribution in [0.4, 0.5) is 8.78 Å². The molecule has 0 saturated carbocycles. The maximum absolute atomic E-state index is 13.0. The topological polar surface area (TPSA) is 54.0 Å². The number of nitrogens with zero attached hydrogens (tertiary/aromatic N) is 1. The minimum absolute atomic E-state index is 0. The lowest BCUT2D eigenvalue weighted by molar-refractivity contribution is 0.0719. The van der Waals surface area contributed by atoms with E-state index in [0.29, 0.717) is 30.2 Å². The number of hydrogen-bond acceptors (Lipinski definition) is 5. The Hall–Kier alpha value is -1.31. The Morgan fingerprint density at radius 2 is 1.87 bits per heavy atom. The van der Waals surface area contributed by atoms with Crippen LogP contribution in [0.2, 0.25) is 0 Å². The Morgan fingerprint density at radius 1 is 1.22 bits per heavy atom. The number of phenols is 1. The quantitative estimate of drug-likeness (QED) is 0.823. The number of piperazine rings is 1. The molecule has 0 aromatic heterocycles. The Kier molecular flexibility index (Phi) is 7.81. The summed E-state index contributed by atoms with van der Waals surface area (Å²) in [6, 6.07) is 2.44. The van der Waals surface area contributed by atoms with Crippen LogP contribution < -0.4 is 14.8 Å². The van der Waals surface area contributed by atoms with Crippen molar-refractivity contribution in [3.05, 3.63) is 17.7 Å². The maximum atomic E-state index is 13.0. The third-order valence-electron chi connectivity index (χ3n) is 3.88. The lowest BCUT2D eigenvalue weighted by Crippen LogP contribution is -2.45. The van der Waals surface area contributed by atoms with Crippen molar-refractivity contribution < 1.29 is 23.4 Å². The average molecular weight is 353 g/mol. The van der Waals surface area contributed by atoms with Gasteiger partial charge in [-0.25, -0.2) is 8.78 Å². The molecule has 1 heterocycles. The molecule has 1 aromatic rings. The van der Waals surface area contributed by atoms with Crippen molar-refractivity contribution in [2.24, 2.45) is 0 Å². The summed E-state index contributed by atoms with van der Waals surface area (Å²) >= 11 is 0. The van der Waals surface area contributed by atoms with Crippen LogP contribution in [0.25, 0.3) is 0 Å². The van der Waals surface area contributed by atoms with Crippen LogP contribution in [0.1, 0.15) is 18.0 Å².